The number of hydrogen-bond donors (Lipinski definition) is 2. The first-order valence-electron chi connectivity index (χ1n) is 5.70. The zero-order chi connectivity index (χ0) is 11.5. The lowest BCUT2D eigenvalue weighted by Crippen LogP contribution is -2.34. The van der Waals surface area contributed by atoms with Crippen molar-refractivity contribution in [2.75, 3.05) is 0 Å². The number of nitrogens with one attached hydrogen (secondary N) is 2. The lowest BCUT2D eigenvalue weighted by molar-refractivity contribution is 0.634. The van der Waals surface area contributed by atoms with Crippen molar-refractivity contribution in [3.63, 3.8) is 0 Å². The molecule has 0 saturated carbocycles. The smallest absolute Gasteiger partial charge is 0.0882 e. The summed E-state index contributed by atoms with van der Waals surface area (Å²) in [6, 6.07) is -0.0299. The minimum atomic E-state index is -0.0299. The van der Waals surface area contributed by atoms with Crippen molar-refractivity contribution in [1.82, 2.24) is 5.32 Å². The maximum atomic E-state index is 7.47. The van der Waals surface area contributed by atoms with Crippen molar-refractivity contribution < 1.29 is 0 Å². The van der Waals surface area contributed by atoms with Gasteiger partial charge in [0.05, 0.1) is 11.7 Å². The molecule has 16 heavy (non-hydrogen) atoms. The first-order valence-corrected chi connectivity index (χ1v) is 5.70. The van der Waals surface area contributed by atoms with E-state index in [4.69, 9.17) is 5.41 Å². The Morgan fingerprint density at radius 3 is 3.12 bits per heavy atom. The molecule has 1 aliphatic carbocycles. The third-order valence-corrected chi connectivity index (χ3v) is 3.17. The van der Waals surface area contributed by atoms with E-state index in [1.807, 2.05) is 12.3 Å². The van der Waals surface area contributed by atoms with Crippen LogP contribution in [0.1, 0.15) is 20.3 Å². The zero-order valence-corrected chi connectivity index (χ0v) is 9.70. The van der Waals surface area contributed by atoms with Gasteiger partial charge in [-0.15, -0.1) is 0 Å². The summed E-state index contributed by atoms with van der Waals surface area (Å²) in [5.41, 5.74) is 3.54. The van der Waals surface area contributed by atoms with Crippen LogP contribution in [0.5, 0.6) is 0 Å². The Labute approximate surface area is 96.2 Å². The molecule has 2 rings (SSSR count). The van der Waals surface area contributed by atoms with Gasteiger partial charge in [-0.3, -0.25) is 4.99 Å². The highest BCUT2D eigenvalue weighted by molar-refractivity contribution is 5.79. The van der Waals surface area contributed by atoms with Crippen LogP contribution in [0.4, 0.5) is 0 Å². The van der Waals surface area contributed by atoms with Crippen molar-refractivity contribution in [2.24, 2.45) is 10.9 Å². The predicted molar refractivity (Wildman–Crippen MR) is 67.9 cm³/mol. The molecule has 0 aromatic heterocycles. The molecule has 2 atom stereocenters. The minimum Gasteiger partial charge on any atom is -0.379 e. The topological polar surface area (TPSA) is 48.2 Å². The van der Waals surface area contributed by atoms with Gasteiger partial charge in [0.1, 0.15) is 0 Å². The quantitative estimate of drug-likeness (QED) is 0.698. The van der Waals surface area contributed by atoms with Crippen LogP contribution in [0.3, 0.4) is 0 Å². The van der Waals surface area contributed by atoms with Crippen molar-refractivity contribution in [1.29, 1.82) is 5.41 Å². The Kier molecular flexibility index (Phi) is 3.04. The summed E-state index contributed by atoms with van der Waals surface area (Å²) in [5, 5.41) is 10.7. The highest BCUT2D eigenvalue weighted by Crippen LogP contribution is 2.37. The van der Waals surface area contributed by atoms with Gasteiger partial charge in [-0.25, -0.2) is 0 Å². The molecular formula is C13H17N3. The van der Waals surface area contributed by atoms with Crippen molar-refractivity contribution in [3.05, 3.63) is 35.2 Å². The monoisotopic (exact) mass is 215 g/mol. The van der Waals surface area contributed by atoms with Gasteiger partial charge in [-0.05, 0) is 36.3 Å². The van der Waals surface area contributed by atoms with E-state index in [2.05, 4.69) is 30.2 Å². The molecule has 0 spiro atoms. The molecule has 0 bridgehead atoms. The SMILES string of the molecule is CC[C@@H](C)C1=CC2=C1C(C=N)NC=CC=N2. The minimum absolute atomic E-state index is 0.0299. The van der Waals surface area contributed by atoms with Crippen LogP contribution in [0.2, 0.25) is 0 Å². The van der Waals surface area contributed by atoms with E-state index in [0.29, 0.717) is 5.92 Å². The average Bonchev–Trinajstić information content (AvgIpc) is 2.26. The first-order chi connectivity index (χ1) is 7.77. The second kappa shape index (κ2) is 4.47. The van der Waals surface area contributed by atoms with Crippen molar-refractivity contribution in [3.8, 4) is 0 Å². The Balaban J connectivity index is 2.28. The van der Waals surface area contributed by atoms with Gasteiger partial charge in [0, 0.05) is 18.0 Å². The second-order valence-electron chi connectivity index (χ2n) is 4.16. The molecule has 2 aliphatic rings. The normalized spacial score (nSPS) is 24.6. The maximum Gasteiger partial charge on any atom is 0.0882 e. The van der Waals surface area contributed by atoms with Gasteiger partial charge in [0.25, 0.3) is 0 Å². The molecule has 1 heterocycles. The molecule has 0 aromatic carbocycles. The summed E-state index contributed by atoms with van der Waals surface area (Å²) in [6.07, 6.45) is 10.2. The molecule has 84 valence electrons. The maximum absolute atomic E-state index is 7.47. The molecule has 0 aromatic rings. The van der Waals surface area contributed by atoms with E-state index in [-0.39, 0.29) is 6.04 Å². The van der Waals surface area contributed by atoms with Crippen LogP contribution in [0.25, 0.3) is 0 Å². The summed E-state index contributed by atoms with van der Waals surface area (Å²) >= 11 is 0. The van der Waals surface area contributed by atoms with E-state index in [1.54, 1.807) is 6.21 Å². The molecule has 0 saturated heterocycles. The fourth-order valence-electron chi connectivity index (χ4n) is 1.99. The highest BCUT2D eigenvalue weighted by atomic mass is 14.9. The standard InChI is InChI=1S/C13H17N3/c1-3-9(2)10-7-11-13(10)12(8-14)16-6-4-5-15-11/h4-9,12,14,16H,3H2,1-2H3/t9-,12?/m1/s1. The highest BCUT2D eigenvalue weighted by Gasteiger charge is 2.28. The number of aliphatic imine (C=N–C) groups is 1. The Bertz CT molecular complexity index is 413. The van der Waals surface area contributed by atoms with Gasteiger partial charge in [0.15, 0.2) is 0 Å². The number of nitrogens with zero attached hydrogens (tertiary/aromatic N) is 1. The van der Waals surface area contributed by atoms with Crippen molar-refractivity contribution >= 4 is 12.4 Å². The lowest BCUT2D eigenvalue weighted by atomic mass is 9.79. The summed E-state index contributed by atoms with van der Waals surface area (Å²) < 4.78 is 0. The third kappa shape index (κ3) is 1.73. The van der Waals surface area contributed by atoms with Crippen LogP contribution < -0.4 is 5.32 Å². The molecular weight excluding hydrogens is 198 g/mol. The fourth-order valence-corrected chi connectivity index (χ4v) is 1.99. The van der Waals surface area contributed by atoms with Crippen LogP contribution in [-0.2, 0) is 0 Å². The molecule has 3 nitrogen and oxygen atoms in total. The van der Waals surface area contributed by atoms with Crippen LogP contribution in [0.15, 0.2) is 40.2 Å². The van der Waals surface area contributed by atoms with E-state index < -0.39 is 0 Å². The Hall–Kier alpha value is -1.64. The fraction of sp³-hybridized carbons (Fsp3) is 0.385. The van der Waals surface area contributed by atoms with Gasteiger partial charge in [-0.2, -0.15) is 0 Å². The summed E-state index contributed by atoms with van der Waals surface area (Å²) in [6.45, 7) is 4.40. The van der Waals surface area contributed by atoms with Gasteiger partial charge in [-0.1, -0.05) is 13.8 Å². The third-order valence-electron chi connectivity index (χ3n) is 3.17. The largest absolute Gasteiger partial charge is 0.379 e. The number of hydrogen-bond acceptors (Lipinski definition) is 3. The molecule has 0 amide bonds. The molecule has 1 unspecified atom stereocenters. The van der Waals surface area contributed by atoms with Crippen molar-refractivity contribution in [2.45, 2.75) is 26.3 Å². The molecule has 2 N–H and O–H groups in total. The van der Waals surface area contributed by atoms with E-state index >= 15 is 0 Å². The van der Waals surface area contributed by atoms with Gasteiger partial charge >= 0.3 is 0 Å². The predicted octanol–water partition coefficient (Wildman–Crippen LogP) is 2.43. The van der Waals surface area contributed by atoms with E-state index in [1.165, 1.54) is 17.4 Å². The Morgan fingerprint density at radius 2 is 2.44 bits per heavy atom. The molecule has 0 fully saturated rings. The summed E-state index contributed by atoms with van der Waals surface area (Å²) in [4.78, 5) is 4.36. The number of allylic oxidation sites excluding steroid dienone is 2. The average molecular weight is 215 g/mol. The lowest BCUT2D eigenvalue weighted by Gasteiger charge is -2.31. The van der Waals surface area contributed by atoms with E-state index in [9.17, 15) is 0 Å². The van der Waals surface area contributed by atoms with Crippen LogP contribution in [-0.4, -0.2) is 18.5 Å². The molecule has 3 heteroatoms. The zero-order valence-electron chi connectivity index (χ0n) is 9.70. The number of rotatable bonds is 3. The van der Waals surface area contributed by atoms with Gasteiger partial charge < -0.3 is 10.7 Å². The van der Waals surface area contributed by atoms with E-state index in [0.717, 1.165) is 12.1 Å². The van der Waals surface area contributed by atoms with Gasteiger partial charge in [0.2, 0.25) is 0 Å². The first kappa shape index (κ1) is 10.9. The second-order valence-corrected chi connectivity index (χ2v) is 4.16. The summed E-state index contributed by atoms with van der Waals surface area (Å²) in [7, 11) is 0. The molecule has 1 aliphatic heterocycles. The summed E-state index contributed by atoms with van der Waals surface area (Å²) in [5.74, 6) is 0.543. The van der Waals surface area contributed by atoms with Crippen LogP contribution in [0, 0.1) is 11.3 Å². The molecule has 0 radical (unpaired) electrons. The van der Waals surface area contributed by atoms with Crippen LogP contribution >= 0.6 is 0 Å². The Morgan fingerprint density at radius 1 is 1.62 bits per heavy atom.